The molecule has 2 aromatic heterocycles. The topological polar surface area (TPSA) is 106 Å². The third-order valence-corrected chi connectivity index (χ3v) is 7.55. The van der Waals surface area contributed by atoms with Crippen LogP contribution in [0.4, 0.5) is 11.4 Å². The molecule has 0 N–H and O–H groups in total. The number of piperazine rings is 1. The van der Waals surface area contributed by atoms with Crippen LogP contribution in [0.5, 0.6) is 0 Å². The van der Waals surface area contributed by atoms with Gasteiger partial charge in [-0.1, -0.05) is 23.9 Å². The molecule has 0 bridgehead atoms. The lowest BCUT2D eigenvalue weighted by Gasteiger charge is -2.35. The lowest BCUT2D eigenvalue weighted by Crippen LogP contribution is -2.48. The molecule has 1 amide bonds. The van der Waals surface area contributed by atoms with Gasteiger partial charge in [-0.15, -0.1) is 11.3 Å². The van der Waals surface area contributed by atoms with Gasteiger partial charge in [-0.2, -0.15) is 0 Å². The molecular weight excluding hydrogens is 474 g/mol. The van der Waals surface area contributed by atoms with Crippen molar-refractivity contribution in [1.29, 1.82) is 0 Å². The summed E-state index contributed by atoms with van der Waals surface area (Å²) in [6, 6.07) is 12.4. The van der Waals surface area contributed by atoms with Crippen molar-refractivity contribution in [2.75, 3.05) is 31.1 Å². The van der Waals surface area contributed by atoms with Crippen molar-refractivity contribution < 1.29 is 14.1 Å². The molecule has 0 aliphatic carbocycles. The second kappa shape index (κ2) is 9.43. The zero-order valence-corrected chi connectivity index (χ0v) is 20.0. The molecular formula is C23H21N5O4S2. The third kappa shape index (κ3) is 4.62. The fourth-order valence-corrected chi connectivity index (χ4v) is 5.46. The first-order valence-electron chi connectivity index (χ1n) is 10.7. The smallest absolute Gasteiger partial charge is 0.273 e. The Morgan fingerprint density at radius 3 is 2.62 bits per heavy atom. The van der Waals surface area contributed by atoms with Crippen LogP contribution >= 0.6 is 23.1 Å². The van der Waals surface area contributed by atoms with E-state index in [1.165, 1.54) is 35.2 Å². The van der Waals surface area contributed by atoms with Gasteiger partial charge in [-0.25, -0.2) is 9.97 Å². The molecule has 34 heavy (non-hydrogen) atoms. The summed E-state index contributed by atoms with van der Waals surface area (Å²) in [7, 11) is 0. The molecule has 2 aromatic carbocycles. The van der Waals surface area contributed by atoms with Crippen LogP contribution in [0.3, 0.4) is 0 Å². The van der Waals surface area contributed by atoms with E-state index in [0.29, 0.717) is 42.8 Å². The molecule has 9 nitrogen and oxygen atoms in total. The maximum absolute atomic E-state index is 12.9. The Morgan fingerprint density at radius 2 is 1.91 bits per heavy atom. The number of aryl methyl sites for hydroxylation is 1. The number of benzene rings is 2. The minimum atomic E-state index is -0.408. The number of oxazole rings is 1. The van der Waals surface area contributed by atoms with Gasteiger partial charge in [0, 0.05) is 49.4 Å². The van der Waals surface area contributed by atoms with Crippen LogP contribution in [0, 0.1) is 17.0 Å². The molecule has 4 aromatic rings. The van der Waals surface area contributed by atoms with Gasteiger partial charge in [-0.05, 0) is 30.7 Å². The molecule has 0 spiro atoms. The molecule has 3 heterocycles. The van der Waals surface area contributed by atoms with E-state index in [9.17, 15) is 14.9 Å². The number of rotatable bonds is 6. The number of nitro groups is 1. The standard InChI is InChI=1S/C23H21N5O4S2/c1-15-3-2-4-19-21(15)25-23(32-19)34-14-20-24-18(13-33-20)22(29)27-11-9-26(10-12-27)16-5-7-17(8-6-16)28(30)31/h2-8,13H,9-12,14H2,1H3. The Balaban J connectivity index is 1.16. The zero-order chi connectivity index (χ0) is 23.7. The van der Waals surface area contributed by atoms with E-state index in [0.717, 1.165) is 27.4 Å². The number of carbonyl (C=O) groups excluding carboxylic acids is 1. The van der Waals surface area contributed by atoms with Crippen LogP contribution in [-0.2, 0) is 5.75 Å². The third-order valence-electron chi connectivity index (χ3n) is 5.68. The van der Waals surface area contributed by atoms with Crippen LogP contribution in [0.15, 0.2) is 57.5 Å². The number of nitro benzene ring substituents is 1. The number of aromatic nitrogens is 2. The van der Waals surface area contributed by atoms with Gasteiger partial charge in [0.25, 0.3) is 16.8 Å². The van der Waals surface area contributed by atoms with Crippen molar-refractivity contribution in [3.63, 3.8) is 0 Å². The number of para-hydroxylation sites is 1. The molecule has 174 valence electrons. The molecule has 1 fully saturated rings. The van der Waals surface area contributed by atoms with Crippen molar-refractivity contribution >= 4 is 51.5 Å². The van der Waals surface area contributed by atoms with Crippen LogP contribution in [0.25, 0.3) is 11.1 Å². The Kier molecular flexibility index (Phi) is 6.20. The average Bonchev–Trinajstić information content (AvgIpc) is 3.50. The highest BCUT2D eigenvalue weighted by Gasteiger charge is 2.24. The first kappa shape index (κ1) is 22.4. The van der Waals surface area contributed by atoms with Crippen molar-refractivity contribution in [3.05, 3.63) is 74.2 Å². The summed E-state index contributed by atoms with van der Waals surface area (Å²) in [6.07, 6.45) is 0. The first-order valence-corrected chi connectivity index (χ1v) is 12.6. The zero-order valence-electron chi connectivity index (χ0n) is 18.3. The second-order valence-electron chi connectivity index (χ2n) is 7.87. The summed E-state index contributed by atoms with van der Waals surface area (Å²) in [5.41, 5.74) is 4.15. The van der Waals surface area contributed by atoms with E-state index in [1.807, 2.05) is 25.1 Å². The number of thiazole rings is 1. The molecule has 5 rings (SSSR count). The van der Waals surface area contributed by atoms with Crippen LogP contribution < -0.4 is 4.90 Å². The van der Waals surface area contributed by atoms with Gasteiger partial charge in [-0.3, -0.25) is 14.9 Å². The first-order chi connectivity index (χ1) is 16.5. The Labute approximate surface area is 203 Å². The fraction of sp³-hybridized carbons (Fsp3) is 0.261. The highest BCUT2D eigenvalue weighted by atomic mass is 32.2. The van der Waals surface area contributed by atoms with E-state index in [2.05, 4.69) is 14.9 Å². The number of non-ortho nitro benzene ring substituents is 1. The number of carbonyl (C=O) groups is 1. The number of thioether (sulfide) groups is 1. The Morgan fingerprint density at radius 1 is 1.15 bits per heavy atom. The molecule has 0 saturated carbocycles. The van der Waals surface area contributed by atoms with Crippen molar-refractivity contribution in [1.82, 2.24) is 14.9 Å². The van der Waals surface area contributed by atoms with E-state index in [1.54, 1.807) is 22.4 Å². The minimum Gasteiger partial charge on any atom is -0.431 e. The lowest BCUT2D eigenvalue weighted by molar-refractivity contribution is -0.384. The lowest BCUT2D eigenvalue weighted by atomic mass is 10.2. The number of anilines is 1. The van der Waals surface area contributed by atoms with Gasteiger partial charge >= 0.3 is 0 Å². The molecule has 1 aliphatic heterocycles. The maximum atomic E-state index is 12.9. The largest absolute Gasteiger partial charge is 0.431 e. The molecule has 11 heteroatoms. The second-order valence-corrected chi connectivity index (χ2v) is 9.74. The Bertz CT molecular complexity index is 1340. The quantitative estimate of drug-likeness (QED) is 0.214. The van der Waals surface area contributed by atoms with Gasteiger partial charge in [0.2, 0.25) is 0 Å². The summed E-state index contributed by atoms with van der Waals surface area (Å²) in [5, 5.41) is 14.1. The van der Waals surface area contributed by atoms with Gasteiger partial charge < -0.3 is 14.2 Å². The maximum Gasteiger partial charge on any atom is 0.273 e. The van der Waals surface area contributed by atoms with E-state index >= 15 is 0 Å². The molecule has 1 aliphatic rings. The summed E-state index contributed by atoms with van der Waals surface area (Å²) in [6.45, 7) is 4.46. The summed E-state index contributed by atoms with van der Waals surface area (Å²) in [5.74, 6) is 0.505. The number of amides is 1. The average molecular weight is 496 g/mol. The van der Waals surface area contributed by atoms with Crippen molar-refractivity contribution in [2.45, 2.75) is 17.9 Å². The number of hydrogen-bond donors (Lipinski definition) is 0. The Hall–Kier alpha value is -3.44. The fourth-order valence-electron chi connectivity index (χ4n) is 3.84. The molecule has 0 atom stereocenters. The SMILES string of the molecule is Cc1cccc2oc(SCc3nc(C(=O)N4CCN(c5ccc([N+](=O)[O-])cc5)CC4)cs3)nc12. The number of fused-ring (bicyclic) bond motifs is 1. The highest BCUT2D eigenvalue weighted by Crippen LogP contribution is 2.29. The monoisotopic (exact) mass is 495 g/mol. The highest BCUT2D eigenvalue weighted by molar-refractivity contribution is 7.98. The summed E-state index contributed by atoms with van der Waals surface area (Å²) in [4.78, 5) is 36.4. The van der Waals surface area contributed by atoms with Crippen molar-refractivity contribution in [2.24, 2.45) is 0 Å². The summed E-state index contributed by atoms with van der Waals surface area (Å²) >= 11 is 2.92. The number of nitrogens with zero attached hydrogens (tertiary/aromatic N) is 5. The van der Waals surface area contributed by atoms with Gasteiger partial charge in [0.15, 0.2) is 5.58 Å². The number of hydrogen-bond acceptors (Lipinski definition) is 9. The molecule has 0 radical (unpaired) electrons. The predicted molar refractivity (Wildman–Crippen MR) is 132 cm³/mol. The van der Waals surface area contributed by atoms with E-state index in [4.69, 9.17) is 4.42 Å². The van der Waals surface area contributed by atoms with Crippen LogP contribution in [-0.4, -0.2) is 51.9 Å². The molecule has 1 saturated heterocycles. The van der Waals surface area contributed by atoms with Crippen molar-refractivity contribution in [3.8, 4) is 0 Å². The van der Waals surface area contributed by atoms with Crippen LogP contribution in [0.2, 0.25) is 0 Å². The van der Waals surface area contributed by atoms with Crippen LogP contribution in [0.1, 0.15) is 21.1 Å². The minimum absolute atomic E-state index is 0.0706. The van der Waals surface area contributed by atoms with Gasteiger partial charge in [0.1, 0.15) is 16.2 Å². The predicted octanol–water partition coefficient (Wildman–Crippen LogP) is 4.76. The molecule has 0 unspecified atom stereocenters. The van der Waals surface area contributed by atoms with Gasteiger partial charge in [0.05, 0.1) is 10.7 Å². The van der Waals surface area contributed by atoms with E-state index < -0.39 is 4.92 Å². The van der Waals surface area contributed by atoms with E-state index in [-0.39, 0.29) is 11.6 Å². The summed E-state index contributed by atoms with van der Waals surface area (Å²) < 4.78 is 5.80. The normalized spacial score (nSPS) is 14.0.